The molecule has 5 rings (SSSR count). The van der Waals surface area contributed by atoms with Gasteiger partial charge in [-0.3, -0.25) is 9.59 Å². The number of benzene rings is 1. The normalized spacial score (nSPS) is 14.0. The van der Waals surface area contributed by atoms with E-state index in [-0.39, 0.29) is 29.0 Å². The number of hydrogen-bond acceptors (Lipinski definition) is 8. The smallest absolute Gasteiger partial charge is 0.266 e. The standard InChI is InChI=1S/C24H20N6O4/c25-14-19-24(34-23(27-19)20-5-2-12-33-20)30-10-8-15(9-11-30)22(32)26-17-4-1-3-16(13-17)18-6-7-21(31)29-28-18/h1-7,12-13,15H,8-11H2,(H,26,32)(H,29,31). The molecule has 0 bridgehead atoms. The number of hydrogen-bond donors (Lipinski definition) is 2. The number of aromatic nitrogens is 3. The highest BCUT2D eigenvalue weighted by atomic mass is 16.4. The van der Waals surface area contributed by atoms with Crippen LogP contribution in [-0.2, 0) is 4.79 Å². The van der Waals surface area contributed by atoms with E-state index in [4.69, 9.17) is 8.83 Å². The summed E-state index contributed by atoms with van der Waals surface area (Å²) in [7, 11) is 0. The minimum atomic E-state index is -0.274. The lowest BCUT2D eigenvalue weighted by molar-refractivity contribution is -0.120. The third-order valence-corrected chi connectivity index (χ3v) is 5.71. The van der Waals surface area contributed by atoms with Gasteiger partial charge in [-0.2, -0.15) is 15.3 Å². The number of furan rings is 1. The Bertz CT molecular complexity index is 1390. The van der Waals surface area contributed by atoms with Gasteiger partial charge in [0, 0.05) is 36.3 Å². The van der Waals surface area contributed by atoms with Crippen LogP contribution in [0.25, 0.3) is 22.9 Å². The first-order valence-electron chi connectivity index (χ1n) is 10.8. The van der Waals surface area contributed by atoms with Gasteiger partial charge in [-0.25, -0.2) is 5.10 Å². The molecule has 0 aliphatic carbocycles. The third kappa shape index (κ3) is 4.31. The van der Waals surface area contributed by atoms with Crippen molar-refractivity contribution in [2.45, 2.75) is 12.8 Å². The molecule has 0 atom stereocenters. The summed E-state index contributed by atoms with van der Waals surface area (Å²) in [5, 5.41) is 18.9. The maximum Gasteiger partial charge on any atom is 0.266 e. The molecule has 0 spiro atoms. The second-order valence-corrected chi connectivity index (χ2v) is 7.90. The van der Waals surface area contributed by atoms with Crippen LogP contribution < -0.4 is 15.8 Å². The summed E-state index contributed by atoms with van der Waals surface area (Å²) in [6, 6.07) is 15.9. The molecule has 2 N–H and O–H groups in total. The molecule has 1 saturated heterocycles. The Morgan fingerprint density at radius 1 is 1.18 bits per heavy atom. The number of rotatable bonds is 5. The van der Waals surface area contributed by atoms with E-state index in [0.717, 1.165) is 5.56 Å². The van der Waals surface area contributed by atoms with Crippen molar-refractivity contribution in [2.75, 3.05) is 23.3 Å². The second-order valence-electron chi connectivity index (χ2n) is 7.90. The zero-order chi connectivity index (χ0) is 23.5. The summed E-state index contributed by atoms with van der Waals surface area (Å²) in [4.78, 5) is 30.3. The van der Waals surface area contributed by atoms with E-state index in [1.807, 2.05) is 29.2 Å². The predicted octanol–water partition coefficient (Wildman–Crippen LogP) is 3.41. The number of nitrogens with one attached hydrogen (secondary N) is 2. The van der Waals surface area contributed by atoms with Gasteiger partial charge in [0.15, 0.2) is 5.76 Å². The van der Waals surface area contributed by atoms with Crippen molar-refractivity contribution in [1.82, 2.24) is 15.2 Å². The Balaban J connectivity index is 1.23. The van der Waals surface area contributed by atoms with Crippen LogP contribution in [0.5, 0.6) is 0 Å². The average molecular weight is 456 g/mol. The fourth-order valence-corrected chi connectivity index (χ4v) is 3.96. The summed E-state index contributed by atoms with van der Waals surface area (Å²) >= 11 is 0. The Morgan fingerprint density at radius 2 is 2.03 bits per heavy atom. The van der Waals surface area contributed by atoms with Crippen LogP contribution in [-0.4, -0.2) is 34.2 Å². The fourth-order valence-electron chi connectivity index (χ4n) is 3.96. The highest BCUT2D eigenvalue weighted by Crippen LogP contribution is 2.31. The van der Waals surface area contributed by atoms with Crippen molar-refractivity contribution < 1.29 is 13.6 Å². The molecule has 34 heavy (non-hydrogen) atoms. The summed E-state index contributed by atoms with van der Waals surface area (Å²) in [5.41, 5.74) is 1.97. The van der Waals surface area contributed by atoms with Crippen molar-refractivity contribution >= 4 is 17.5 Å². The average Bonchev–Trinajstić information content (AvgIpc) is 3.55. The van der Waals surface area contributed by atoms with E-state index in [1.165, 1.54) is 12.3 Å². The van der Waals surface area contributed by atoms with Crippen LogP contribution in [0.2, 0.25) is 0 Å². The predicted molar refractivity (Wildman–Crippen MR) is 123 cm³/mol. The van der Waals surface area contributed by atoms with Crippen molar-refractivity contribution in [3.8, 4) is 29.0 Å². The topological polar surface area (TPSA) is 141 Å². The van der Waals surface area contributed by atoms with Crippen LogP contribution in [0.1, 0.15) is 18.5 Å². The van der Waals surface area contributed by atoms with E-state index in [9.17, 15) is 14.9 Å². The van der Waals surface area contributed by atoms with E-state index in [2.05, 4.69) is 26.6 Å². The molecule has 1 aliphatic rings. The van der Waals surface area contributed by atoms with Gasteiger partial charge in [0.05, 0.1) is 12.0 Å². The lowest BCUT2D eigenvalue weighted by Crippen LogP contribution is -2.38. The maximum absolute atomic E-state index is 12.9. The second kappa shape index (κ2) is 9.07. The molecule has 170 valence electrons. The Morgan fingerprint density at radius 3 is 2.74 bits per heavy atom. The molecule has 10 heteroatoms. The molecule has 0 saturated carbocycles. The van der Waals surface area contributed by atoms with Gasteiger partial charge in [0.2, 0.25) is 17.5 Å². The van der Waals surface area contributed by atoms with E-state index in [1.54, 1.807) is 18.2 Å². The van der Waals surface area contributed by atoms with E-state index in [0.29, 0.717) is 49.0 Å². The first-order chi connectivity index (χ1) is 16.6. The number of carbonyl (C=O) groups excluding carboxylic acids is 1. The van der Waals surface area contributed by atoms with Crippen molar-refractivity contribution in [2.24, 2.45) is 5.92 Å². The quantitative estimate of drug-likeness (QED) is 0.465. The highest BCUT2D eigenvalue weighted by molar-refractivity contribution is 5.93. The number of carbonyl (C=O) groups is 1. The molecule has 3 aromatic heterocycles. The van der Waals surface area contributed by atoms with Gasteiger partial charge in [-0.15, -0.1) is 0 Å². The molecule has 0 radical (unpaired) electrons. The largest absolute Gasteiger partial charge is 0.459 e. The number of H-pyrrole nitrogens is 1. The van der Waals surface area contributed by atoms with E-state index >= 15 is 0 Å². The fraction of sp³-hybridized carbons (Fsp3) is 0.208. The minimum Gasteiger partial charge on any atom is -0.459 e. The first-order valence-corrected chi connectivity index (χ1v) is 10.8. The SMILES string of the molecule is N#Cc1nc(-c2ccco2)oc1N1CCC(C(=O)Nc2cccc(-c3ccc(=O)[nH]n3)c2)CC1. The number of amides is 1. The number of aromatic amines is 1. The lowest BCUT2D eigenvalue weighted by atomic mass is 9.95. The van der Waals surface area contributed by atoms with E-state index < -0.39 is 0 Å². The summed E-state index contributed by atoms with van der Waals surface area (Å²) < 4.78 is 11.1. The number of oxazole rings is 1. The van der Waals surface area contributed by atoms with Gasteiger partial charge in [0.25, 0.3) is 11.4 Å². The molecule has 1 aromatic carbocycles. The van der Waals surface area contributed by atoms with Gasteiger partial charge in [-0.05, 0) is 43.2 Å². The molecular weight excluding hydrogens is 436 g/mol. The van der Waals surface area contributed by atoms with Gasteiger partial charge in [0.1, 0.15) is 6.07 Å². The van der Waals surface area contributed by atoms with Crippen LogP contribution in [0.15, 0.2) is 68.4 Å². The van der Waals surface area contributed by atoms with Crippen molar-refractivity contribution in [3.63, 3.8) is 0 Å². The van der Waals surface area contributed by atoms with Gasteiger partial charge >= 0.3 is 0 Å². The Kier molecular flexibility index (Phi) is 5.66. The number of nitrogens with zero attached hydrogens (tertiary/aromatic N) is 4. The summed E-state index contributed by atoms with van der Waals surface area (Å²) in [6.45, 7) is 1.11. The monoisotopic (exact) mass is 456 g/mol. The molecule has 4 aromatic rings. The minimum absolute atomic E-state index is 0.0689. The highest BCUT2D eigenvalue weighted by Gasteiger charge is 2.29. The first kappa shape index (κ1) is 21.2. The van der Waals surface area contributed by atoms with Crippen LogP contribution in [0.3, 0.4) is 0 Å². The molecule has 1 aliphatic heterocycles. The van der Waals surface area contributed by atoms with Crippen molar-refractivity contribution in [1.29, 1.82) is 5.26 Å². The third-order valence-electron chi connectivity index (χ3n) is 5.71. The van der Waals surface area contributed by atoms with Gasteiger partial charge in [-0.1, -0.05) is 12.1 Å². The Hall–Kier alpha value is -4.65. The molecule has 1 fully saturated rings. The zero-order valence-corrected chi connectivity index (χ0v) is 18.0. The molecule has 10 nitrogen and oxygen atoms in total. The molecule has 1 amide bonds. The molecule has 4 heterocycles. The zero-order valence-electron chi connectivity index (χ0n) is 18.0. The molecule has 0 unspecified atom stereocenters. The molecular formula is C24H20N6O4. The number of nitriles is 1. The summed E-state index contributed by atoms with van der Waals surface area (Å²) in [5.74, 6) is 0.864. The van der Waals surface area contributed by atoms with Gasteiger partial charge < -0.3 is 19.1 Å². The van der Waals surface area contributed by atoms with Crippen LogP contribution in [0.4, 0.5) is 11.6 Å². The number of piperidine rings is 1. The van der Waals surface area contributed by atoms with Crippen molar-refractivity contribution in [3.05, 3.63) is 70.8 Å². The summed E-state index contributed by atoms with van der Waals surface area (Å²) in [6.07, 6.45) is 2.73. The maximum atomic E-state index is 12.9. The lowest BCUT2D eigenvalue weighted by Gasteiger charge is -2.31. The van der Waals surface area contributed by atoms with Crippen LogP contribution >= 0.6 is 0 Å². The Labute approximate surface area is 193 Å². The van der Waals surface area contributed by atoms with Crippen LogP contribution in [0, 0.1) is 17.2 Å². The number of anilines is 2.